The number of amides is 2. The molecule has 3 aromatic rings. The van der Waals surface area contributed by atoms with E-state index >= 15 is 0 Å². The Morgan fingerprint density at radius 3 is 2.68 bits per heavy atom. The summed E-state index contributed by atoms with van der Waals surface area (Å²) in [6.07, 6.45) is 3.09. The fourth-order valence-corrected chi connectivity index (χ4v) is 4.42. The van der Waals surface area contributed by atoms with Crippen molar-refractivity contribution in [3.8, 4) is 5.75 Å². The molecule has 2 heterocycles. The zero-order valence-corrected chi connectivity index (χ0v) is 18.4. The summed E-state index contributed by atoms with van der Waals surface area (Å²) in [7, 11) is 1.67. The smallest absolute Gasteiger partial charge is 0.317 e. The van der Waals surface area contributed by atoms with Crippen LogP contribution in [-0.4, -0.2) is 67.2 Å². The second kappa shape index (κ2) is 9.88. The van der Waals surface area contributed by atoms with E-state index < -0.39 is 0 Å². The van der Waals surface area contributed by atoms with Gasteiger partial charge in [0.1, 0.15) is 5.75 Å². The third kappa shape index (κ3) is 4.85. The first kappa shape index (κ1) is 21.2. The molecule has 1 aromatic heterocycles. The van der Waals surface area contributed by atoms with E-state index in [-0.39, 0.29) is 11.9 Å². The molecule has 1 aliphatic rings. The van der Waals surface area contributed by atoms with Crippen LogP contribution in [0.4, 0.5) is 4.79 Å². The number of carbonyl (C=O) groups excluding carboxylic acids is 1. The lowest BCUT2D eigenvalue weighted by Crippen LogP contribution is -2.43. The second-order valence-electron chi connectivity index (χ2n) is 8.08. The van der Waals surface area contributed by atoms with E-state index in [2.05, 4.69) is 58.7 Å². The fourth-order valence-electron chi connectivity index (χ4n) is 4.42. The maximum absolute atomic E-state index is 13.0. The molecule has 1 unspecified atom stereocenters. The molecule has 2 amide bonds. The Bertz CT molecular complexity index is 998. The molecule has 2 N–H and O–H groups in total. The molecule has 4 rings (SSSR count). The molecule has 6 nitrogen and oxygen atoms in total. The lowest BCUT2D eigenvalue weighted by Gasteiger charge is -2.24. The van der Waals surface area contributed by atoms with Gasteiger partial charge in [0.2, 0.25) is 0 Å². The number of likely N-dealkylation sites (N-methyl/N-ethyl adjacent to an activating group) is 1. The van der Waals surface area contributed by atoms with Gasteiger partial charge in [-0.2, -0.15) is 0 Å². The van der Waals surface area contributed by atoms with E-state index in [9.17, 15) is 4.79 Å². The molecule has 1 atom stereocenters. The molecule has 0 aliphatic carbocycles. The lowest BCUT2D eigenvalue weighted by atomic mass is 9.91. The van der Waals surface area contributed by atoms with E-state index in [1.165, 1.54) is 10.9 Å². The molecule has 0 spiro atoms. The Morgan fingerprint density at radius 1 is 1.10 bits per heavy atom. The van der Waals surface area contributed by atoms with Crippen LogP contribution >= 0.6 is 0 Å². The van der Waals surface area contributed by atoms with Crippen molar-refractivity contribution < 1.29 is 9.53 Å². The topological polar surface area (TPSA) is 60.6 Å². The molecule has 1 saturated heterocycles. The summed E-state index contributed by atoms with van der Waals surface area (Å²) in [6, 6.07) is 16.5. The SMILES string of the molecule is CCN1CCCN(C(=O)NCC(c2ccc(OC)cc2)c2c[nH]c3ccccc23)CC1. The van der Waals surface area contributed by atoms with Crippen molar-refractivity contribution >= 4 is 16.9 Å². The van der Waals surface area contributed by atoms with Crippen LogP contribution in [0.25, 0.3) is 10.9 Å². The van der Waals surface area contributed by atoms with Crippen molar-refractivity contribution in [1.82, 2.24) is 20.1 Å². The maximum Gasteiger partial charge on any atom is 0.317 e. The molecule has 2 aromatic carbocycles. The van der Waals surface area contributed by atoms with Gasteiger partial charge < -0.3 is 24.8 Å². The summed E-state index contributed by atoms with van der Waals surface area (Å²) >= 11 is 0. The first-order valence-electron chi connectivity index (χ1n) is 11.1. The third-order valence-corrected chi connectivity index (χ3v) is 6.30. The molecule has 31 heavy (non-hydrogen) atoms. The Morgan fingerprint density at radius 2 is 1.90 bits per heavy atom. The van der Waals surface area contributed by atoms with Crippen LogP contribution < -0.4 is 10.1 Å². The van der Waals surface area contributed by atoms with E-state index in [1.807, 2.05) is 23.1 Å². The van der Waals surface area contributed by atoms with Crippen molar-refractivity contribution in [2.24, 2.45) is 0 Å². The summed E-state index contributed by atoms with van der Waals surface area (Å²) in [6.45, 7) is 7.34. The number of fused-ring (bicyclic) bond motifs is 1. The number of nitrogens with zero attached hydrogens (tertiary/aromatic N) is 2. The third-order valence-electron chi connectivity index (χ3n) is 6.30. The number of urea groups is 1. The monoisotopic (exact) mass is 420 g/mol. The van der Waals surface area contributed by atoms with Crippen molar-refractivity contribution in [1.29, 1.82) is 0 Å². The summed E-state index contributed by atoms with van der Waals surface area (Å²) in [5, 5.41) is 4.40. The summed E-state index contributed by atoms with van der Waals surface area (Å²) in [5.41, 5.74) is 3.45. The Hall–Kier alpha value is -2.99. The van der Waals surface area contributed by atoms with Crippen molar-refractivity contribution in [2.45, 2.75) is 19.3 Å². The van der Waals surface area contributed by atoms with Gasteiger partial charge in [-0.15, -0.1) is 0 Å². The van der Waals surface area contributed by atoms with Gasteiger partial charge in [-0.05, 0) is 48.8 Å². The van der Waals surface area contributed by atoms with Crippen molar-refractivity contribution in [3.63, 3.8) is 0 Å². The first-order valence-corrected chi connectivity index (χ1v) is 11.1. The molecule has 1 fully saturated rings. The van der Waals surface area contributed by atoms with Gasteiger partial charge in [-0.25, -0.2) is 4.79 Å². The van der Waals surface area contributed by atoms with Crippen LogP contribution in [0.15, 0.2) is 54.7 Å². The molecular formula is C25H32N4O2. The van der Waals surface area contributed by atoms with Crippen molar-refractivity contribution in [3.05, 3.63) is 65.9 Å². The fraction of sp³-hybridized carbons (Fsp3) is 0.400. The van der Waals surface area contributed by atoms with Crippen LogP contribution in [0.1, 0.15) is 30.4 Å². The molecule has 1 aliphatic heterocycles. The second-order valence-corrected chi connectivity index (χ2v) is 8.08. The van der Waals surface area contributed by atoms with Gasteiger partial charge in [0.15, 0.2) is 0 Å². The molecule has 0 saturated carbocycles. The lowest BCUT2D eigenvalue weighted by molar-refractivity contribution is 0.198. The summed E-state index contributed by atoms with van der Waals surface area (Å²) in [4.78, 5) is 20.7. The van der Waals surface area contributed by atoms with Gasteiger partial charge >= 0.3 is 6.03 Å². The number of hydrogen-bond acceptors (Lipinski definition) is 3. The minimum absolute atomic E-state index is 0.0244. The number of benzene rings is 2. The average molecular weight is 421 g/mol. The van der Waals surface area contributed by atoms with Crippen LogP contribution in [0.2, 0.25) is 0 Å². The molecule has 164 valence electrons. The Kier molecular flexibility index (Phi) is 6.77. The molecular weight excluding hydrogens is 388 g/mol. The zero-order valence-electron chi connectivity index (χ0n) is 18.4. The number of para-hydroxylation sites is 1. The van der Waals surface area contributed by atoms with Crippen LogP contribution in [0.3, 0.4) is 0 Å². The molecule has 0 radical (unpaired) electrons. The number of nitrogens with one attached hydrogen (secondary N) is 2. The first-order chi connectivity index (χ1) is 15.2. The zero-order chi connectivity index (χ0) is 21.6. The highest BCUT2D eigenvalue weighted by atomic mass is 16.5. The Labute approximate surface area is 184 Å². The number of aromatic amines is 1. The van der Waals surface area contributed by atoms with E-state index in [0.717, 1.165) is 56.0 Å². The van der Waals surface area contributed by atoms with Crippen LogP contribution in [-0.2, 0) is 0 Å². The number of rotatable bonds is 6. The van der Waals surface area contributed by atoms with Gasteiger partial charge in [-0.1, -0.05) is 37.3 Å². The predicted octanol–water partition coefficient (Wildman–Crippen LogP) is 4.05. The number of H-pyrrole nitrogens is 1. The predicted molar refractivity (Wildman–Crippen MR) is 125 cm³/mol. The number of ether oxygens (including phenoxy) is 1. The van der Waals surface area contributed by atoms with Gasteiger partial charge in [-0.3, -0.25) is 0 Å². The van der Waals surface area contributed by atoms with E-state index in [4.69, 9.17) is 4.74 Å². The van der Waals surface area contributed by atoms with E-state index in [0.29, 0.717) is 6.54 Å². The highest BCUT2D eigenvalue weighted by Gasteiger charge is 2.22. The maximum atomic E-state index is 13.0. The number of aromatic nitrogens is 1. The van der Waals surface area contributed by atoms with Gasteiger partial charge in [0, 0.05) is 49.2 Å². The van der Waals surface area contributed by atoms with E-state index in [1.54, 1.807) is 7.11 Å². The Balaban J connectivity index is 1.54. The minimum Gasteiger partial charge on any atom is -0.497 e. The summed E-state index contributed by atoms with van der Waals surface area (Å²) < 4.78 is 5.33. The highest BCUT2D eigenvalue weighted by molar-refractivity contribution is 5.84. The standard InChI is InChI=1S/C25H32N4O2/c1-3-28-13-6-14-29(16-15-28)25(30)27-17-22(19-9-11-20(31-2)12-10-19)23-18-26-24-8-5-4-7-21(23)24/h4-5,7-12,18,22,26H,3,6,13-17H2,1-2H3,(H,27,30). The quantitative estimate of drug-likeness (QED) is 0.633. The van der Waals surface area contributed by atoms with Gasteiger partial charge in [0.25, 0.3) is 0 Å². The van der Waals surface area contributed by atoms with Crippen LogP contribution in [0.5, 0.6) is 5.75 Å². The number of methoxy groups -OCH3 is 1. The average Bonchev–Trinajstić information content (AvgIpc) is 3.08. The minimum atomic E-state index is 0.0244. The largest absolute Gasteiger partial charge is 0.497 e. The van der Waals surface area contributed by atoms with Crippen LogP contribution in [0, 0.1) is 0 Å². The normalized spacial score (nSPS) is 16.1. The number of carbonyl (C=O) groups is 1. The van der Waals surface area contributed by atoms with Crippen molar-refractivity contribution in [2.75, 3.05) is 46.4 Å². The molecule has 0 bridgehead atoms. The number of hydrogen-bond donors (Lipinski definition) is 2. The summed E-state index contributed by atoms with van der Waals surface area (Å²) in [5.74, 6) is 0.876. The van der Waals surface area contributed by atoms with Gasteiger partial charge in [0.05, 0.1) is 7.11 Å². The molecule has 6 heteroatoms. The highest BCUT2D eigenvalue weighted by Crippen LogP contribution is 2.31.